The maximum Gasteiger partial charge on any atom is 0.0946 e. The summed E-state index contributed by atoms with van der Waals surface area (Å²) in [6.45, 7) is 4.00. The number of hydrogen-bond acceptors (Lipinski definition) is 3. The van der Waals surface area contributed by atoms with E-state index < -0.39 is 0 Å². The predicted octanol–water partition coefficient (Wildman–Crippen LogP) is 2.42. The number of aromatic nitrogens is 4. The molecule has 0 aliphatic carbocycles. The summed E-state index contributed by atoms with van der Waals surface area (Å²) in [5.41, 5.74) is 2.34. The predicted molar refractivity (Wildman–Crippen MR) is 82.2 cm³/mol. The van der Waals surface area contributed by atoms with Crippen molar-refractivity contribution >= 4 is 0 Å². The van der Waals surface area contributed by atoms with E-state index in [1.54, 1.807) is 12.4 Å². The van der Waals surface area contributed by atoms with Gasteiger partial charge in [-0.15, -0.1) is 0 Å². The molecule has 0 aliphatic rings. The number of nitrogens with one attached hydrogen (secondary N) is 1. The topological polar surface area (TPSA) is 47.7 Å². The van der Waals surface area contributed by atoms with Crippen molar-refractivity contribution in [2.75, 3.05) is 6.54 Å². The molecule has 0 saturated carbocycles. The third-order valence-corrected chi connectivity index (χ3v) is 3.52. The fourth-order valence-corrected chi connectivity index (χ4v) is 2.31. The normalized spacial score (nSPS) is 12.4. The zero-order chi connectivity index (χ0) is 14.5. The molecule has 0 amide bonds. The molecule has 0 fully saturated rings. The number of benzene rings is 1. The van der Waals surface area contributed by atoms with E-state index in [9.17, 15) is 0 Å². The van der Waals surface area contributed by atoms with Gasteiger partial charge in [-0.25, -0.2) is 9.67 Å². The number of hydrogen-bond donors (Lipinski definition) is 1. The molecule has 0 aliphatic heterocycles. The highest BCUT2D eigenvalue weighted by atomic mass is 15.3. The first-order chi connectivity index (χ1) is 10.3. The van der Waals surface area contributed by atoms with E-state index in [4.69, 9.17) is 0 Å². The van der Waals surface area contributed by atoms with Crippen LogP contribution >= 0.6 is 0 Å². The zero-order valence-corrected chi connectivity index (χ0v) is 12.1. The summed E-state index contributed by atoms with van der Waals surface area (Å²) in [5, 5.41) is 7.80. The molecule has 0 unspecified atom stereocenters. The summed E-state index contributed by atoms with van der Waals surface area (Å²) in [7, 11) is 0. The molecule has 5 nitrogen and oxygen atoms in total. The van der Waals surface area contributed by atoms with Gasteiger partial charge in [0.25, 0.3) is 0 Å². The number of rotatable bonds is 6. The fourth-order valence-electron chi connectivity index (χ4n) is 2.31. The van der Waals surface area contributed by atoms with Gasteiger partial charge in [0.05, 0.1) is 12.0 Å². The molecule has 1 atom stereocenters. The van der Waals surface area contributed by atoms with Crippen LogP contribution in [0.25, 0.3) is 5.69 Å². The molecular weight excluding hydrogens is 262 g/mol. The maximum absolute atomic E-state index is 4.27. The SMILES string of the molecule is C[C@H](NCCn1ccnc1)c1cccc(-n2cccn2)c1. The molecule has 3 aromatic rings. The Morgan fingerprint density at radius 1 is 1.19 bits per heavy atom. The van der Waals surface area contributed by atoms with Crippen LogP contribution in [0.5, 0.6) is 0 Å². The summed E-state index contributed by atoms with van der Waals surface area (Å²) in [6, 6.07) is 10.7. The summed E-state index contributed by atoms with van der Waals surface area (Å²) in [5.74, 6) is 0. The summed E-state index contributed by atoms with van der Waals surface area (Å²) in [6.07, 6.45) is 9.36. The Balaban J connectivity index is 1.62. The van der Waals surface area contributed by atoms with Crippen molar-refractivity contribution in [1.29, 1.82) is 0 Å². The summed E-state index contributed by atoms with van der Waals surface area (Å²) < 4.78 is 3.95. The molecule has 108 valence electrons. The van der Waals surface area contributed by atoms with Crippen LogP contribution in [0.15, 0.2) is 61.4 Å². The lowest BCUT2D eigenvalue weighted by atomic mass is 10.1. The molecule has 2 heterocycles. The van der Waals surface area contributed by atoms with E-state index in [1.807, 2.05) is 29.5 Å². The largest absolute Gasteiger partial charge is 0.336 e. The van der Waals surface area contributed by atoms with Crippen LogP contribution in [-0.2, 0) is 6.54 Å². The summed E-state index contributed by atoms with van der Waals surface area (Å²) in [4.78, 5) is 4.04. The Kier molecular flexibility index (Phi) is 4.12. The Morgan fingerprint density at radius 3 is 2.90 bits per heavy atom. The third-order valence-electron chi connectivity index (χ3n) is 3.52. The minimum absolute atomic E-state index is 0.295. The molecule has 2 aromatic heterocycles. The highest BCUT2D eigenvalue weighted by molar-refractivity contribution is 5.36. The minimum Gasteiger partial charge on any atom is -0.336 e. The minimum atomic E-state index is 0.295. The van der Waals surface area contributed by atoms with Crippen molar-refractivity contribution in [3.05, 3.63) is 67.0 Å². The molecule has 0 bridgehead atoms. The lowest BCUT2D eigenvalue weighted by Crippen LogP contribution is -2.23. The highest BCUT2D eigenvalue weighted by Gasteiger charge is 2.06. The summed E-state index contributed by atoms with van der Waals surface area (Å²) >= 11 is 0. The average molecular weight is 281 g/mol. The molecule has 5 heteroatoms. The molecule has 21 heavy (non-hydrogen) atoms. The van der Waals surface area contributed by atoms with E-state index >= 15 is 0 Å². The van der Waals surface area contributed by atoms with E-state index in [-0.39, 0.29) is 0 Å². The molecule has 1 aromatic carbocycles. The maximum atomic E-state index is 4.27. The molecule has 1 N–H and O–H groups in total. The molecular formula is C16H19N5. The van der Waals surface area contributed by atoms with Crippen LogP contribution in [-0.4, -0.2) is 25.9 Å². The average Bonchev–Trinajstić information content (AvgIpc) is 3.21. The highest BCUT2D eigenvalue weighted by Crippen LogP contribution is 2.16. The first-order valence-electron chi connectivity index (χ1n) is 7.12. The van der Waals surface area contributed by atoms with Gasteiger partial charge in [-0.05, 0) is 30.7 Å². The van der Waals surface area contributed by atoms with Crippen molar-refractivity contribution in [2.24, 2.45) is 0 Å². The standard InChI is InChI=1S/C16H19N5/c1-14(18-8-11-20-10-7-17-13-20)15-4-2-5-16(12-15)21-9-3-6-19-21/h2-7,9-10,12-14,18H,8,11H2,1H3/t14-/m0/s1. The molecule has 0 saturated heterocycles. The lowest BCUT2D eigenvalue weighted by Gasteiger charge is -2.15. The van der Waals surface area contributed by atoms with E-state index in [2.05, 4.69) is 51.2 Å². The van der Waals surface area contributed by atoms with Gasteiger partial charge in [-0.1, -0.05) is 12.1 Å². The fraction of sp³-hybridized carbons (Fsp3) is 0.250. The van der Waals surface area contributed by atoms with Gasteiger partial charge in [-0.2, -0.15) is 5.10 Å². The van der Waals surface area contributed by atoms with Gasteiger partial charge in [0.15, 0.2) is 0 Å². The van der Waals surface area contributed by atoms with Gasteiger partial charge in [0.2, 0.25) is 0 Å². The molecule has 3 rings (SSSR count). The van der Waals surface area contributed by atoms with Crippen molar-refractivity contribution in [1.82, 2.24) is 24.6 Å². The van der Waals surface area contributed by atoms with E-state index in [0.717, 1.165) is 18.8 Å². The van der Waals surface area contributed by atoms with Crippen molar-refractivity contribution < 1.29 is 0 Å². The van der Waals surface area contributed by atoms with Crippen LogP contribution in [0.4, 0.5) is 0 Å². The Morgan fingerprint density at radius 2 is 2.14 bits per heavy atom. The van der Waals surface area contributed by atoms with Crippen molar-refractivity contribution in [2.45, 2.75) is 19.5 Å². The van der Waals surface area contributed by atoms with Gasteiger partial charge in [0, 0.05) is 43.9 Å². The number of imidazole rings is 1. The van der Waals surface area contributed by atoms with Gasteiger partial charge in [-0.3, -0.25) is 0 Å². The van der Waals surface area contributed by atoms with Crippen molar-refractivity contribution in [3.63, 3.8) is 0 Å². The second-order valence-corrected chi connectivity index (χ2v) is 5.02. The van der Waals surface area contributed by atoms with Gasteiger partial charge in [0.1, 0.15) is 0 Å². The van der Waals surface area contributed by atoms with Crippen LogP contribution in [0.3, 0.4) is 0 Å². The third kappa shape index (κ3) is 3.38. The first-order valence-corrected chi connectivity index (χ1v) is 7.12. The van der Waals surface area contributed by atoms with Crippen LogP contribution in [0.1, 0.15) is 18.5 Å². The molecule has 0 spiro atoms. The molecule has 0 radical (unpaired) electrons. The zero-order valence-electron chi connectivity index (χ0n) is 12.1. The Bertz CT molecular complexity index is 658. The Labute approximate surface area is 124 Å². The van der Waals surface area contributed by atoms with Gasteiger partial charge < -0.3 is 9.88 Å². The van der Waals surface area contributed by atoms with Crippen LogP contribution in [0.2, 0.25) is 0 Å². The van der Waals surface area contributed by atoms with Crippen LogP contribution < -0.4 is 5.32 Å². The lowest BCUT2D eigenvalue weighted by molar-refractivity contribution is 0.531. The van der Waals surface area contributed by atoms with Crippen LogP contribution in [0, 0.1) is 0 Å². The van der Waals surface area contributed by atoms with E-state index in [0.29, 0.717) is 6.04 Å². The first kappa shape index (κ1) is 13.6. The second kappa shape index (κ2) is 6.37. The quantitative estimate of drug-likeness (QED) is 0.755. The van der Waals surface area contributed by atoms with Gasteiger partial charge >= 0.3 is 0 Å². The van der Waals surface area contributed by atoms with E-state index in [1.165, 1.54) is 5.56 Å². The monoisotopic (exact) mass is 281 g/mol. The second-order valence-electron chi connectivity index (χ2n) is 5.02. The smallest absolute Gasteiger partial charge is 0.0946 e. The Hall–Kier alpha value is -2.40. The van der Waals surface area contributed by atoms with Crippen molar-refractivity contribution in [3.8, 4) is 5.69 Å². The number of nitrogens with zero attached hydrogens (tertiary/aromatic N) is 4.